The Morgan fingerprint density at radius 1 is 1.18 bits per heavy atom. The average Bonchev–Trinajstić information content (AvgIpc) is 2.31. The molecule has 0 radical (unpaired) electrons. The van der Waals surface area contributed by atoms with E-state index >= 15 is 0 Å². The van der Waals surface area contributed by atoms with Crippen LogP contribution >= 0.6 is 0 Å². The summed E-state index contributed by atoms with van der Waals surface area (Å²) in [6.45, 7) is 4.40. The zero-order valence-corrected chi connectivity index (χ0v) is 10.00. The molecule has 0 spiro atoms. The lowest BCUT2D eigenvalue weighted by Crippen LogP contribution is -2.04. The van der Waals surface area contributed by atoms with E-state index in [1.54, 1.807) is 6.07 Å². The van der Waals surface area contributed by atoms with Crippen molar-refractivity contribution < 1.29 is 4.39 Å². The Hall–Kier alpha value is -1.90. The van der Waals surface area contributed by atoms with Crippen molar-refractivity contribution in [1.29, 1.82) is 0 Å². The van der Waals surface area contributed by atoms with Gasteiger partial charge in [0.2, 0.25) is 0 Å². The molecule has 0 bridgehead atoms. The van der Waals surface area contributed by atoms with Gasteiger partial charge in [0, 0.05) is 6.20 Å². The predicted molar refractivity (Wildman–Crippen MR) is 67.4 cm³/mol. The van der Waals surface area contributed by atoms with Crippen molar-refractivity contribution >= 4 is 5.69 Å². The van der Waals surface area contributed by atoms with Crippen LogP contribution in [0.3, 0.4) is 0 Å². The lowest BCUT2D eigenvalue weighted by Gasteiger charge is -2.10. The second kappa shape index (κ2) is 4.95. The SMILES string of the molecule is Cc1ccc(CNc2c(C)cccc2F)nc1. The normalized spacial score (nSPS) is 10.3. The quantitative estimate of drug-likeness (QED) is 0.873. The first kappa shape index (κ1) is 11.6. The number of benzene rings is 1. The van der Waals surface area contributed by atoms with Gasteiger partial charge in [0.15, 0.2) is 0 Å². The maximum absolute atomic E-state index is 13.5. The van der Waals surface area contributed by atoms with Crippen LogP contribution in [0.2, 0.25) is 0 Å². The topological polar surface area (TPSA) is 24.9 Å². The van der Waals surface area contributed by atoms with Crippen LogP contribution in [0.4, 0.5) is 10.1 Å². The highest BCUT2D eigenvalue weighted by Gasteiger charge is 2.04. The number of aromatic nitrogens is 1. The summed E-state index contributed by atoms with van der Waals surface area (Å²) in [5.74, 6) is -0.225. The number of rotatable bonds is 3. The number of halogens is 1. The first-order valence-corrected chi connectivity index (χ1v) is 5.57. The van der Waals surface area contributed by atoms with Crippen LogP contribution in [0.5, 0.6) is 0 Å². The number of para-hydroxylation sites is 1. The molecular weight excluding hydrogens is 215 g/mol. The third-order valence-electron chi connectivity index (χ3n) is 2.64. The first-order valence-electron chi connectivity index (χ1n) is 5.57. The number of hydrogen-bond donors (Lipinski definition) is 1. The summed E-state index contributed by atoms with van der Waals surface area (Å²) >= 11 is 0. The highest BCUT2D eigenvalue weighted by molar-refractivity contribution is 5.51. The molecular formula is C14H15FN2. The molecule has 0 aliphatic heterocycles. The zero-order chi connectivity index (χ0) is 12.3. The minimum atomic E-state index is -0.225. The van der Waals surface area contributed by atoms with Gasteiger partial charge < -0.3 is 5.32 Å². The number of hydrogen-bond acceptors (Lipinski definition) is 2. The van der Waals surface area contributed by atoms with Crippen LogP contribution in [0.15, 0.2) is 36.5 Å². The molecule has 3 heteroatoms. The zero-order valence-electron chi connectivity index (χ0n) is 10.00. The van der Waals surface area contributed by atoms with Gasteiger partial charge in [-0.05, 0) is 37.1 Å². The van der Waals surface area contributed by atoms with Crippen molar-refractivity contribution in [2.45, 2.75) is 20.4 Å². The van der Waals surface area contributed by atoms with Gasteiger partial charge in [-0.25, -0.2) is 4.39 Å². The highest BCUT2D eigenvalue weighted by Crippen LogP contribution is 2.19. The molecule has 0 aliphatic carbocycles. The van der Waals surface area contributed by atoms with Crippen LogP contribution in [-0.4, -0.2) is 4.98 Å². The van der Waals surface area contributed by atoms with E-state index < -0.39 is 0 Å². The van der Waals surface area contributed by atoms with E-state index in [1.165, 1.54) is 6.07 Å². The standard InChI is InChI=1S/C14H15FN2/c1-10-6-7-12(16-8-10)9-17-14-11(2)4-3-5-13(14)15/h3-8,17H,9H2,1-2H3. The van der Waals surface area contributed by atoms with Crippen molar-refractivity contribution in [3.8, 4) is 0 Å². The van der Waals surface area contributed by atoms with E-state index in [0.717, 1.165) is 16.8 Å². The lowest BCUT2D eigenvalue weighted by atomic mass is 10.2. The molecule has 1 aromatic heterocycles. The van der Waals surface area contributed by atoms with Crippen LogP contribution in [0, 0.1) is 19.7 Å². The fourth-order valence-electron chi connectivity index (χ4n) is 1.64. The van der Waals surface area contributed by atoms with Crippen molar-refractivity contribution in [3.63, 3.8) is 0 Å². The van der Waals surface area contributed by atoms with Gasteiger partial charge in [-0.2, -0.15) is 0 Å². The molecule has 88 valence electrons. The Balaban J connectivity index is 2.10. The first-order chi connectivity index (χ1) is 8.16. The summed E-state index contributed by atoms with van der Waals surface area (Å²) in [7, 11) is 0. The van der Waals surface area contributed by atoms with Crippen molar-refractivity contribution in [1.82, 2.24) is 4.98 Å². The molecule has 0 aliphatic rings. The van der Waals surface area contributed by atoms with Gasteiger partial charge in [0.25, 0.3) is 0 Å². The maximum Gasteiger partial charge on any atom is 0.146 e. The lowest BCUT2D eigenvalue weighted by molar-refractivity contribution is 0.629. The summed E-state index contributed by atoms with van der Waals surface area (Å²) in [5.41, 5.74) is 3.47. The largest absolute Gasteiger partial charge is 0.377 e. The van der Waals surface area contributed by atoms with Crippen LogP contribution in [-0.2, 0) is 6.54 Å². The molecule has 0 atom stereocenters. The minimum Gasteiger partial charge on any atom is -0.377 e. The molecule has 2 rings (SSSR count). The Labute approximate surface area is 101 Å². The summed E-state index contributed by atoms with van der Waals surface area (Å²) in [5, 5.41) is 3.08. The molecule has 17 heavy (non-hydrogen) atoms. The Kier molecular flexibility index (Phi) is 3.38. The van der Waals surface area contributed by atoms with Crippen LogP contribution < -0.4 is 5.32 Å². The molecule has 0 amide bonds. The van der Waals surface area contributed by atoms with E-state index in [9.17, 15) is 4.39 Å². The number of aryl methyl sites for hydroxylation is 2. The number of anilines is 1. The van der Waals surface area contributed by atoms with Crippen molar-refractivity contribution in [2.75, 3.05) is 5.32 Å². The molecule has 1 N–H and O–H groups in total. The van der Waals surface area contributed by atoms with Crippen LogP contribution in [0.1, 0.15) is 16.8 Å². The molecule has 1 heterocycles. The molecule has 0 saturated carbocycles. The third-order valence-corrected chi connectivity index (χ3v) is 2.64. The highest BCUT2D eigenvalue weighted by atomic mass is 19.1. The van der Waals surface area contributed by atoms with Gasteiger partial charge in [-0.15, -0.1) is 0 Å². The Morgan fingerprint density at radius 2 is 2.00 bits per heavy atom. The average molecular weight is 230 g/mol. The fraction of sp³-hybridized carbons (Fsp3) is 0.214. The molecule has 0 saturated heterocycles. The van der Waals surface area contributed by atoms with E-state index in [1.807, 2.05) is 38.2 Å². The van der Waals surface area contributed by atoms with Gasteiger partial charge in [0.05, 0.1) is 17.9 Å². The predicted octanol–water partition coefficient (Wildman–Crippen LogP) is 3.45. The third kappa shape index (κ3) is 2.81. The van der Waals surface area contributed by atoms with Crippen LogP contribution in [0.25, 0.3) is 0 Å². The van der Waals surface area contributed by atoms with E-state index in [4.69, 9.17) is 0 Å². The molecule has 0 unspecified atom stereocenters. The summed E-state index contributed by atoms with van der Waals surface area (Å²) in [6.07, 6.45) is 1.81. The van der Waals surface area contributed by atoms with E-state index in [-0.39, 0.29) is 5.82 Å². The van der Waals surface area contributed by atoms with Gasteiger partial charge in [0.1, 0.15) is 5.82 Å². The second-order valence-corrected chi connectivity index (χ2v) is 4.11. The van der Waals surface area contributed by atoms with E-state index in [2.05, 4.69) is 10.3 Å². The molecule has 0 fully saturated rings. The Morgan fingerprint density at radius 3 is 2.65 bits per heavy atom. The molecule has 2 aromatic rings. The number of pyridine rings is 1. The summed E-state index contributed by atoms with van der Waals surface area (Å²) in [6, 6.07) is 8.99. The van der Waals surface area contributed by atoms with E-state index in [0.29, 0.717) is 12.2 Å². The van der Waals surface area contributed by atoms with Gasteiger partial charge in [-0.3, -0.25) is 4.98 Å². The van der Waals surface area contributed by atoms with Gasteiger partial charge >= 0.3 is 0 Å². The number of nitrogens with zero attached hydrogens (tertiary/aromatic N) is 1. The fourth-order valence-corrected chi connectivity index (χ4v) is 1.64. The summed E-state index contributed by atoms with van der Waals surface area (Å²) in [4.78, 5) is 4.27. The smallest absolute Gasteiger partial charge is 0.146 e. The minimum absolute atomic E-state index is 0.225. The maximum atomic E-state index is 13.5. The van der Waals surface area contributed by atoms with Crippen molar-refractivity contribution in [3.05, 3.63) is 59.2 Å². The van der Waals surface area contributed by atoms with Gasteiger partial charge in [-0.1, -0.05) is 18.2 Å². The monoisotopic (exact) mass is 230 g/mol. The second-order valence-electron chi connectivity index (χ2n) is 4.11. The molecule has 2 nitrogen and oxygen atoms in total. The molecule has 1 aromatic carbocycles. The van der Waals surface area contributed by atoms with Crippen molar-refractivity contribution in [2.24, 2.45) is 0 Å². The summed E-state index contributed by atoms with van der Waals surface area (Å²) < 4.78 is 13.5. The Bertz CT molecular complexity index is 486. The number of nitrogens with one attached hydrogen (secondary N) is 1.